The first-order valence-corrected chi connectivity index (χ1v) is 7.98. The maximum atomic E-state index is 12.6. The van der Waals surface area contributed by atoms with Crippen molar-refractivity contribution in [3.05, 3.63) is 28.2 Å². The number of hydrogen-bond donors (Lipinski definition) is 1. The van der Waals surface area contributed by atoms with Crippen molar-refractivity contribution in [1.82, 2.24) is 9.80 Å². The molecule has 0 spiro atoms. The summed E-state index contributed by atoms with van der Waals surface area (Å²) in [5, 5.41) is 0. The molecule has 1 aromatic rings. The number of benzene rings is 1. The third kappa shape index (κ3) is 2.77. The third-order valence-corrected chi connectivity index (χ3v) is 4.92. The molecule has 2 N–H and O–H groups in total. The van der Waals surface area contributed by atoms with Crippen LogP contribution in [0.5, 0.6) is 0 Å². The van der Waals surface area contributed by atoms with E-state index in [1.165, 1.54) is 0 Å². The van der Waals surface area contributed by atoms with Crippen LogP contribution in [0.2, 0.25) is 0 Å². The zero-order chi connectivity index (χ0) is 15.0. The Labute approximate surface area is 132 Å². The van der Waals surface area contributed by atoms with E-state index in [-0.39, 0.29) is 24.4 Å². The second kappa shape index (κ2) is 5.67. The largest absolute Gasteiger partial charge is 0.399 e. The van der Waals surface area contributed by atoms with Crippen LogP contribution in [0, 0.1) is 0 Å². The summed E-state index contributed by atoms with van der Waals surface area (Å²) in [4.78, 5) is 28.2. The van der Waals surface area contributed by atoms with Crippen LogP contribution in [0.3, 0.4) is 0 Å². The number of fused-ring (bicyclic) bond motifs is 1. The molecule has 2 fully saturated rings. The lowest BCUT2D eigenvalue weighted by molar-refractivity contribution is -0.158. The fourth-order valence-corrected chi connectivity index (χ4v) is 3.58. The molecule has 1 unspecified atom stereocenters. The van der Waals surface area contributed by atoms with Gasteiger partial charge in [0.25, 0.3) is 0 Å². The predicted octanol–water partition coefficient (Wildman–Crippen LogP) is 1.75. The van der Waals surface area contributed by atoms with Gasteiger partial charge in [-0.1, -0.05) is 22.0 Å². The monoisotopic (exact) mass is 351 g/mol. The zero-order valence-electron chi connectivity index (χ0n) is 11.7. The van der Waals surface area contributed by atoms with Gasteiger partial charge in [-0.3, -0.25) is 9.59 Å². The average molecular weight is 352 g/mol. The van der Waals surface area contributed by atoms with Crippen LogP contribution in [0.4, 0.5) is 5.69 Å². The Kier molecular flexibility index (Phi) is 3.89. The lowest BCUT2D eigenvalue weighted by Gasteiger charge is -2.42. The van der Waals surface area contributed by atoms with E-state index < -0.39 is 0 Å². The van der Waals surface area contributed by atoms with E-state index in [2.05, 4.69) is 15.9 Å². The van der Waals surface area contributed by atoms with Crippen molar-refractivity contribution < 1.29 is 9.59 Å². The van der Waals surface area contributed by atoms with Crippen LogP contribution in [0.1, 0.15) is 24.8 Å². The average Bonchev–Trinajstić information content (AvgIpc) is 2.47. The van der Waals surface area contributed by atoms with Crippen LogP contribution in [-0.4, -0.2) is 40.7 Å². The fraction of sp³-hybridized carbons (Fsp3) is 0.467. The molecular formula is C15H18BrN3O2. The number of rotatable bonds is 2. The fourth-order valence-electron chi connectivity index (χ4n) is 3.06. The molecule has 2 amide bonds. The molecule has 112 valence electrons. The smallest absolute Gasteiger partial charge is 0.246 e. The predicted molar refractivity (Wildman–Crippen MR) is 83.3 cm³/mol. The second-order valence-electron chi connectivity index (χ2n) is 5.64. The molecule has 2 heterocycles. The minimum Gasteiger partial charge on any atom is -0.399 e. The van der Waals surface area contributed by atoms with Gasteiger partial charge in [0.1, 0.15) is 12.6 Å². The van der Waals surface area contributed by atoms with Gasteiger partial charge in [-0.05, 0) is 37.0 Å². The number of piperidine rings is 1. The Morgan fingerprint density at radius 2 is 2.10 bits per heavy atom. The Balaban J connectivity index is 1.79. The number of amides is 2. The maximum absolute atomic E-state index is 12.6. The normalized spacial score (nSPS) is 22.4. The highest BCUT2D eigenvalue weighted by Gasteiger charge is 2.40. The SMILES string of the molecule is Nc1ccc(CN2CC(=O)N3CCCCC3C2=O)c(Br)c1. The van der Waals surface area contributed by atoms with Crippen molar-refractivity contribution in [2.75, 3.05) is 18.8 Å². The van der Waals surface area contributed by atoms with Gasteiger partial charge in [-0.2, -0.15) is 0 Å². The molecule has 0 bridgehead atoms. The lowest BCUT2D eigenvalue weighted by atomic mass is 9.98. The lowest BCUT2D eigenvalue weighted by Crippen LogP contribution is -2.60. The molecule has 5 nitrogen and oxygen atoms in total. The van der Waals surface area contributed by atoms with Gasteiger partial charge >= 0.3 is 0 Å². The minimum absolute atomic E-state index is 0.0610. The summed E-state index contributed by atoms with van der Waals surface area (Å²) in [5.74, 6) is 0.129. The summed E-state index contributed by atoms with van der Waals surface area (Å²) in [6, 6.07) is 5.26. The van der Waals surface area contributed by atoms with Crippen LogP contribution >= 0.6 is 15.9 Å². The van der Waals surface area contributed by atoms with E-state index in [0.29, 0.717) is 18.8 Å². The molecule has 1 atom stereocenters. The van der Waals surface area contributed by atoms with Crippen molar-refractivity contribution in [2.45, 2.75) is 31.8 Å². The van der Waals surface area contributed by atoms with E-state index in [4.69, 9.17) is 5.73 Å². The Bertz CT molecular complexity index is 590. The molecule has 3 rings (SSSR count). The molecule has 1 aromatic carbocycles. The molecule has 0 aromatic heterocycles. The number of anilines is 1. The summed E-state index contributed by atoms with van der Waals surface area (Å²) >= 11 is 3.46. The Hall–Kier alpha value is -1.56. The van der Waals surface area contributed by atoms with E-state index in [1.54, 1.807) is 9.80 Å². The van der Waals surface area contributed by atoms with Crippen LogP contribution < -0.4 is 5.73 Å². The summed E-state index contributed by atoms with van der Waals surface area (Å²) < 4.78 is 0.869. The molecule has 2 aliphatic heterocycles. The van der Waals surface area contributed by atoms with E-state index in [9.17, 15) is 9.59 Å². The molecule has 0 radical (unpaired) electrons. The van der Waals surface area contributed by atoms with Crippen molar-refractivity contribution >= 4 is 33.4 Å². The first-order chi connectivity index (χ1) is 10.1. The van der Waals surface area contributed by atoms with Crippen molar-refractivity contribution in [3.8, 4) is 0 Å². The van der Waals surface area contributed by atoms with E-state index >= 15 is 0 Å². The molecule has 0 saturated carbocycles. The molecule has 2 saturated heterocycles. The molecule has 2 aliphatic rings. The van der Waals surface area contributed by atoms with Gasteiger partial charge in [0, 0.05) is 23.2 Å². The van der Waals surface area contributed by atoms with Crippen molar-refractivity contribution in [1.29, 1.82) is 0 Å². The minimum atomic E-state index is -0.257. The van der Waals surface area contributed by atoms with Crippen LogP contribution in [-0.2, 0) is 16.1 Å². The van der Waals surface area contributed by atoms with Crippen molar-refractivity contribution in [3.63, 3.8) is 0 Å². The first-order valence-electron chi connectivity index (χ1n) is 7.18. The topological polar surface area (TPSA) is 66.6 Å². The quantitative estimate of drug-likeness (QED) is 0.825. The Morgan fingerprint density at radius 1 is 1.29 bits per heavy atom. The van der Waals surface area contributed by atoms with Gasteiger partial charge in [-0.15, -0.1) is 0 Å². The van der Waals surface area contributed by atoms with Gasteiger partial charge in [0.15, 0.2) is 0 Å². The number of piperazine rings is 1. The highest BCUT2D eigenvalue weighted by Crippen LogP contribution is 2.26. The first kappa shape index (κ1) is 14.4. The second-order valence-corrected chi connectivity index (χ2v) is 6.50. The van der Waals surface area contributed by atoms with Crippen LogP contribution in [0.15, 0.2) is 22.7 Å². The number of nitrogen functional groups attached to an aromatic ring is 1. The van der Waals surface area contributed by atoms with E-state index in [1.807, 2.05) is 18.2 Å². The number of hydrogen-bond acceptors (Lipinski definition) is 3. The molecule has 0 aliphatic carbocycles. The van der Waals surface area contributed by atoms with Gasteiger partial charge in [0.2, 0.25) is 11.8 Å². The number of nitrogens with zero attached hydrogens (tertiary/aromatic N) is 2. The number of carbonyl (C=O) groups is 2. The standard InChI is InChI=1S/C15H18BrN3O2/c16-12-7-11(17)5-4-10(12)8-18-9-14(20)19-6-2-1-3-13(19)15(18)21/h4-5,7,13H,1-3,6,8-9,17H2. The summed E-state index contributed by atoms with van der Waals surface area (Å²) in [6.45, 7) is 1.33. The summed E-state index contributed by atoms with van der Waals surface area (Å²) in [6.07, 6.45) is 2.79. The van der Waals surface area contributed by atoms with Crippen molar-refractivity contribution in [2.24, 2.45) is 0 Å². The number of carbonyl (C=O) groups excluding carboxylic acids is 2. The van der Waals surface area contributed by atoms with Gasteiger partial charge < -0.3 is 15.5 Å². The summed E-state index contributed by atoms with van der Waals surface area (Å²) in [7, 11) is 0. The highest BCUT2D eigenvalue weighted by molar-refractivity contribution is 9.10. The molecule has 21 heavy (non-hydrogen) atoms. The Morgan fingerprint density at radius 3 is 2.86 bits per heavy atom. The van der Waals surface area contributed by atoms with Gasteiger partial charge in [-0.25, -0.2) is 0 Å². The molecule has 6 heteroatoms. The number of nitrogens with two attached hydrogens (primary N) is 1. The highest BCUT2D eigenvalue weighted by atomic mass is 79.9. The summed E-state index contributed by atoms with van der Waals surface area (Å²) in [5.41, 5.74) is 7.36. The zero-order valence-corrected chi connectivity index (χ0v) is 13.3. The van der Waals surface area contributed by atoms with Gasteiger partial charge in [0.05, 0.1) is 0 Å². The third-order valence-electron chi connectivity index (χ3n) is 4.18. The van der Waals surface area contributed by atoms with E-state index in [0.717, 1.165) is 29.3 Å². The van der Waals surface area contributed by atoms with Crippen LogP contribution in [0.25, 0.3) is 0 Å². The number of halogens is 1. The molecular weight excluding hydrogens is 334 g/mol. The maximum Gasteiger partial charge on any atom is 0.246 e.